The van der Waals surface area contributed by atoms with E-state index >= 15 is 0 Å². The van der Waals surface area contributed by atoms with Gasteiger partial charge in [-0.3, -0.25) is 9.63 Å². The summed E-state index contributed by atoms with van der Waals surface area (Å²) in [5.41, 5.74) is 1.34. The van der Waals surface area contributed by atoms with Gasteiger partial charge in [-0.1, -0.05) is 30.3 Å². The molecule has 1 aromatic carbocycles. The van der Waals surface area contributed by atoms with Crippen molar-refractivity contribution in [2.45, 2.75) is 6.61 Å². The van der Waals surface area contributed by atoms with Gasteiger partial charge in [-0.05, 0) is 27.6 Å². The Hall–Kier alpha value is -1.92. The maximum atomic E-state index is 12.2. The van der Waals surface area contributed by atoms with Gasteiger partial charge in [0.2, 0.25) is 5.88 Å². The second-order valence-electron chi connectivity index (χ2n) is 4.27. The Kier molecular flexibility index (Phi) is 5.30. The second-order valence-corrected chi connectivity index (χ2v) is 5.18. The molecule has 1 heterocycles. The smallest absolute Gasteiger partial charge is 0.282 e. The van der Waals surface area contributed by atoms with Crippen molar-refractivity contribution in [3.8, 4) is 5.88 Å². The first kappa shape index (κ1) is 15.5. The Morgan fingerprint density at radius 3 is 2.71 bits per heavy atom. The van der Waals surface area contributed by atoms with E-state index in [-0.39, 0.29) is 11.8 Å². The number of aromatic nitrogens is 1. The molecule has 0 aliphatic heterocycles. The summed E-state index contributed by atoms with van der Waals surface area (Å²) < 4.78 is 6.36. The van der Waals surface area contributed by atoms with Gasteiger partial charge in [-0.15, -0.1) is 0 Å². The zero-order valence-corrected chi connectivity index (χ0v) is 13.3. The molecular weight excluding hydrogens is 336 g/mol. The highest BCUT2D eigenvalue weighted by molar-refractivity contribution is 9.10. The lowest BCUT2D eigenvalue weighted by Crippen LogP contribution is -2.26. The second kappa shape index (κ2) is 7.19. The number of halogens is 1. The highest BCUT2D eigenvalue weighted by Crippen LogP contribution is 2.22. The van der Waals surface area contributed by atoms with Crippen molar-refractivity contribution in [3.05, 3.63) is 58.2 Å². The van der Waals surface area contributed by atoms with E-state index in [9.17, 15) is 4.79 Å². The molecule has 0 N–H and O–H groups in total. The van der Waals surface area contributed by atoms with E-state index in [4.69, 9.17) is 9.57 Å². The molecule has 0 bridgehead atoms. The highest BCUT2D eigenvalue weighted by atomic mass is 79.9. The largest absolute Gasteiger partial charge is 0.472 e. The highest BCUT2D eigenvalue weighted by Gasteiger charge is 2.19. The summed E-state index contributed by atoms with van der Waals surface area (Å²) in [7, 11) is 2.96. The van der Waals surface area contributed by atoms with E-state index in [2.05, 4.69) is 20.9 Å². The summed E-state index contributed by atoms with van der Waals surface area (Å²) >= 11 is 3.30. The Morgan fingerprint density at radius 2 is 2.05 bits per heavy atom. The van der Waals surface area contributed by atoms with Crippen LogP contribution < -0.4 is 4.74 Å². The molecule has 1 amide bonds. The third-order valence-electron chi connectivity index (χ3n) is 2.83. The van der Waals surface area contributed by atoms with Crippen molar-refractivity contribution in [1.82, 2.24) is 10.0 Å². The normalized spacial score (nSPS) is 10.2. The maximum Gasteiger partial charge on any atom is 0.282 e. The molecule has 0 saturated carbocycles. The van der Waals surface area contributed by atoms with Crippen molar-refractivity contribution in [1.29, 1.82) is 0 Å². The van der Waals surface area contributed by atoms with Crippen molar-refractivity contribution >= 4 is 21.8 Å². The summed E-state index contributed by atoms with van der Waals surface area (Å²) in [6, 6.07) is 11.3. The van der Waals surface area contributed by atoms with Gasteiger partial charge in [-0.25, -0.2) is 10.0 Å². The number of hydroxylamine groups is 2. The lowest BCUT2D eigenvalue weighted by atomic mass is 10.2. The topological polar surface area (TPSA) is 51.7 Å². The quantitative estimate of drug-likeness (QED) is 0.777. The summed E-state index contributed by atoms with van der Waals surface area (Å²) in [6.45, 7) is 0.340. The molecule has 21 heavy (non-hydrogen) atoms. The number of pyridine rings is 1. The molecule has 0 aliphatic carbocycles. The standard InChI is InChI=1S/C15H15BrN2O3/c1-18(20-2)15(19)13-8-12(16)9-17-14(13)21-10-11-6-4-3-5-7-11/h3-9H,10H2,1-2H3. The van der Waals surface area contributed by atoms with Gasteiger partial charge >= 0.3 is 0 Å². The van der Waals surface area contributed by atoms with Crippen LogP contribution in [0, 0.1) is 0 Å². The number of benzene rings is 1. The zero-order valence-electron chi connectivity index (χ0n) is 11.7. The van der Waals surface area contributed by atoms with Gasteiger partial charge in [-0.2, -0.15) is 0 Å². The molecule has 0 radical (unpaired) electrons. The molecule has 5 nitrogen and oxygen atoms in total. The average Bonchev–Trinajstić information content (AvgIpc) is 2.53. The minimum atomic E-state index is -0.325. The van der Waals surface area contributed by atoms with E-state index in [0.717, 1.165) is 10.6 Å². The van der Waals surface area contributed by atoms with E-state index in [1.807, 2.05) is 30.3 Å². The fourth-order valence-corrected chi connectivity index (χ4v) is 2.00. The van der Waals surface area contributed by atoms with Gasteiger partial charge in [0.1, 0.15) is 12.2 Å². The Balaban J connectivity index is 2.21. The SMILES string of the molecule is CON(C)C(=O)c1cc(Br)cnc1OCc1ccccc1. The molecule has 2 aromatic rings. The predicted molar refractivity (Wildman–Crippen MR) is 81.8 cm³/mol. The van der Waals surface area contributed by atoms with Crippen molar-refractivity contribution < 1.29 is 14.4 Å². The Labute approximate surface area is 131 Å². The molecule has 0 unspecified atom stereocenters. The van der Waals surface area contributed by atoms with E-state index < -0.39 is 0 Å². The van der Waals surface area contributed by atoms with Crippen LogP contribution in [0.5, 0.6) is 5.88 Å². The number of hydrogen-bond donors (Lipinski definition) is 0. The zero-order chi connectivity index (χ0) is 15.2. The number of carbonyl (C=O) groups is 1. The molecule has 1 aromatic heterocycles. The number of nitrogens with zero attached hydrogens (tertiary/aromatic N) is 2. The number of hydrogen-bond acceptors (Lipinski definition) is 4. The molecule has 0 fully saturated rings. The lowest BCUT2D eigenvalue weighted by Gasteiger charge is -2.16. The van der Waals surface area contributed by atoms with E-state index in [0.29, 0.717) is 16.6 Å². The molecule has 6 heteroatoms. The summed E-state index contributed by atoms with van der Waals surface area (Å²) in [5, 5.41) is 1.12. The number of carbonyl (C=O) groups excluding carboxylic acids is 1. The van der Waals surface area contributed by atoms with Crippen molar-refractivity contribution in [2.24, 2.45) is 0 Å². The number of amides is 1. The Bertz CT molecular complexity index is 620. The molecule has 0 atom stereocenters. The molecule has 110 valence electrons. The van der Waals surface area contributed by atoms with Gasteiger partial charge in [0.15, 0.2) is 0 Å². The average molecular weight is 351 g/mol. The van der Waals surface area contributed by atoms with Crippen LogP contribution in [0.2, 0.25) is 0 Å². The van der Waals surface area contributed by atoms with Crippen LogP contribution in [-0.4, -0.2) is 30.1 Å². The Morgan fingerprint density at radius 1 is 1.33 bits per heavy atom. The monoisotopic (exact) mass is 350 g/mol. The summed E-state index contributed by atoms with van der Waals surface area (Å²) in [5.74, 6) is -0.0506. The van der Waals surface area contributed by atoms with Crippen LogP contribution >= 0.6 is 15.9 Å². The minimum Gasteiger partial charge on any atom is -0.472 e. The van der Waals surface area contributed by atoms with Crippen LogP contribution in [0.3, 0.4) is 0 Å². The molecule has 0 spiro atoms. The fraction of sp³-hybridized carbons (Fsp3) is 0.200. The first-order valence-corrected chi connectivity index (χ1v) is 7.05. The van der Waals surface area contributed by atoms with E-state index in [1.54, 1.807) is 12.3 Å². The fourth-order valence-electron chi connectivity index (χ4n) is 1.67. The number of rotatable bonds is 5. The third-order valence-corrected chi connectivity index (χ3v) is 3.26. The van der Waals surface area contributed by atoms with Crippen LogP contribution in [0.15, 0.2) is 47.1 Å². The summed E-state index contributed by atoms with van der Waals surface area (Å²) in [6.07, 6.45) is 1.59. The number of ether oxygens (including phenoxy) is 1. The van der Waals surface area contributed by atoms with Crippen molar-refractivity contribution in [2.75, 3.05) is 14.2 Å². The first-order chi connectivity index (χ1) is 10.1. The van der Waals surface area contributed by atoms with Gasteiger partial charge in [0.05, 0.1) is 7.11 Å². The third kappa shape index (κ3) is 4.03. The van der Waals surface area contributed by atoms with E-state index in [1.165, 1.54) is 14.2 Å². The molecule has 0 aliphatic rings. The predicted octanol–water partition coefficient (Wildman–Crippen LogP) is 3.06. The van der Waals surface area contributed by atoms with Crippen molar-refractivity contribution in [3.63, 3.8) is 0 Å². The lowest BCUT2D eigenvalue weighted by molar-refractivity contribution is -0.0759. The first-order valence-electron chi connectivity index (χ1n) is 6.26. The summed E-state index contributed by atoms with van der Waals surface area (Å²) in [4.78, 5) is 21.3. The molecule has 0 saturated heterocycles. The van der Waals surface area contributed by atoms with Crippen LogP contribution in [0.4, 0.5) is 0 Å². The van der Waals surface area contributed by atoms with Crippen LogP contribution in [0.25, 0.3) is 0 Å². The van der Waals surface area contributed by atoms with Gasteiger partial charge in [0.25, 0.3) is 5.91 Å². The van der Waals surface area contributed by atoms with Gasteiger partial charge in [0, 0.05) is 17.7 Å². The molecule has 2 rings (SSSR count). The minimum absolute atomic E-state index is 0.274. The van der Waals surface area contributed by atoms with Crippen LogP contribution in [0.1, 0.15) is 15.9 Å². The molecular formula is C15H15BrN2O3. The maximum absolute atomic E-state index is 12.2. The van der Waals surface area contributed by atoms with Crippen LogP contribution in [-0.2, 0) is 11.4 Å². The van der Waals surface area contributed by atoms with Gasteiger partial charge < -0.3 is 4.74 Å².